The molecule has 6 rings (SSSR count). The van der Waals surface area contributed by atoms with Gasteiger partial charge in [-0.15, -0.1) is 0 Å². The Morgan fingerprint density at radius 1 is 0.944 bits per heavy atom. The summed E-state index contributed by atoms with van der Waals surface area (Å²) in [5, 5.41) is 3.05. The van der Waals surface area contributed by atoms with Crippen LogP contribution in [0.4, 0.5) is 4.79 Å². The number of ether oxygens (including phenoxy) is 2. The number of carbonyl (C=O) groups excluding carboxylic acids is 2. The van der Waals surface area contributed by atoms with Gasteiger partial charge in [-0.3, -0.25) is 4.90 Å². The van der Waals surface area contributed by atoms with E-state index in [2.05, 4.69) is 10.2 Å². The summed E-state index contributed by atoms with van der Waals surface area (Å²) in [5.41, 5.74) is 8.67. The first-order valence-corrected chi connectivity index (χ1v) is 12.4. The number of nitrogens with zero attached hydrogens (tertiary/aromatic N) is 1. The lowest BCUT2D eigenvalue weighted by Crippen LogP contribution is -2.52. The van der Waals surface area contributed by atoms with Gasteiger partial charge in [-0.1, -0.05) is 54.6 Å². The average Bonchev–Trinajstić information content (AvgIpc) is 2.93. The Morgan fingerprint density at radius 2 is 1.69 bits per heavy atom. The molecule has 36 heavy (non-hydrogen) atoms. The molecular weight excluding hydrogens is 454 g/mol. The summed E-state index contributed by atoms with van der Waals surface area (Å²) in [5.74, 6) is 0.356. The summed E-state index contributed by atoms with van der Waals surface area (Å²) in [6.07, 6.45) is 1.62. The third kappa shape index (κ3) is 5.58. The summed E-state index contributed by atoms with van der Waals surface area (Å²) >= 11 is 0. The summed E-state index contributed by atoms with van der Waals surface area (Å²) in [4.78, 5) is 28.1. The van der Waals surface area contributed by atoms with Crippen molar-refractivity contribution in [2.75, 3.05) is 19.6 Å². The van der Waals surface area contributed by atoms with E-state index >= 15 is 0 Å². The maximum absolute atomic E-state index is 13.0. The molecule has 1 amide bonds. The van der Waals surface area contributed by atoms with Gasteiger partial charge in [0.05, 0.1) is 11.6 Å². The number of alkyl carbamates (subject to hydrolysis) is 1. The number of rotatable bonds is 7. The number of nitrogens with one attached hydrogen (secondary N) is 1. The first-order valence-electron chi connectivity index (χ1n) is 12.4. The smallest absolute Gasteiger partial charge is 0.408 e. The Labute approximate surface area is 211 Å². The van der Waals surface area contributed by atoms with E-state index in [4.69, 9.17) is 15.2 Å². The number of piperidine rings is 3. The van der Waals surface area contributed by atoms with Crippen molar-refractivity contribution in [2.24, 2.45) is 11.7 Å². The van der Waals surface area contributed by atoms with Crippen LogP contribution in [0.5, 0.6) is 5.75 Å². The maximum Gasteiger partial charge on any atom is 0.408 e. The van der Waals surface area contributed by atoms with Crippen LogP contribution < -0.4 is 15.8 Å². The van der Waals surface area contributed by atoms with Crippen molar-refractivity contribution in [2.45, 2.75) is 31.5 Å². The number of fused-ring (bicyclic) bond motifs is 3. The van der Waals surface area contributed by atoms with Crippen LogP contribution in [0.15, 0.2) is 78.9 Å². The highest BCUT2D eigenvalue weighted by atomic mass is 16.6. The van der Waals surface area contributed by atoms with Gasteiger partial charge < -0.3 is 20.5 Å². The third-order valence-corrected chi connectivity index (χ3v) is 7.05. The summed E-state index contributed by atoms with van der Waals surface area (Å²) < 4.78 is 11.5. The molecule has 3 saturated heterocycles. The SMILES string of the molecule is NCc1cccc(C(=O)Oc2cccc([C@@H](NC(=O)OC3CN4CCC3CC4)c3ccccc3)c2)c1. The van der Waals surface area contributed by atoms with Gasteiger partial charge in [0.15, 0.2) is 0 Å². The topological polar surface area (TPSA) is 93.9 Å². The molecule has 0 saturated carbocycles. The Balaban J connectivity index is 1.33. The van der Waals surface area contributed by atoms with E-state index in [9.17, 15) is 9.59 Å². The summed E-state index contributed by atoms with van der Waals surface area (Å²) in [7, 11) is 0. The zero-order valence-electron chi connectivity index (χ0n) is 20.1. The fourth-order valence-electron chi connectivity index (χ4n) is 5.09. The van der Waals surface area contributed by atoms with Crippen molar-refractivity contribution in [1.29, 1.82) is 0 Å². The second-order valence-electron chi connectivity index (χ2n) is 9.44. The molecule has 3 aromatic rings. The molecular formula is C29H31N3O4. The molecule has 0 spiro atoms. The highest BCUT2D eigenvalue weighted by molar-refractivity contribution is 5.91. The largest absolute Gasteiger partial charge is 0.445 e. The van der Waals surface area contributed by atoms with E-state index in [1.807, 2.05) is 48.5 Å². The number of esters is 1. The maximum atomic E-state index is 13.0. The van der Waals surface area contributed by atoms with Crippen molar-refractivity contribution in [3.8, 4) is 5.75 Å². The quantitative estimate of drug-likeness (QED) is 0.383. The van der Waals surface area contributed by atoms with E-state index in [1.54, 1.807) is 30.3 Å². The van der Waals surface area contributed by atoms with Crippen molar-refractivity contribution in [3.63, 3.8) is 0 Å². The number of amides is 1. The van der Waals surface area contributed by atoms with Crippen LogP contribution in [-0.2, 0) is 11.3 Å². The molecule has 7 nitrogen and oxygen atoms in total. The molecule has 1 unspecified atom stereocenters. The Bertz CT molecular complexity index is 1210. The average molecular weight is 486 g/mol. The van der Waals surface area contributed by atoms with Gasteiger partial charge in [0.25, 0.3) is 0 Å². The number of hydrogen-bond donors (Lipinski definition) is 2. The Hall–Kier alpha value is -3.68. The van der Waals surface area contributed by atoms with E-state index in [-0.39, 0.29) is 6.10 Å². The normalized spacial score (nSPS) is 21.4. The first kappa shape index (κ1) is 24.0. The van der Waals surface area contributed by atoms with Crippen LogP contribution in [0, 0.1) is 5.92 Å². The molecule has 3 aliphatic heterocycles. The van der Waals surface area contributed by atoms with E-state index in [1.165, 1.54) is 0 Å². The minimum atomic E-state index is -0.464. The third-order valence-electron chi connectivity index (χ3n) is 7.05. The molecule has 0 aliphatic carbocycles. The lowest BCUT2D eigenvalue weighted by molar-refractivity contribution is -0.0336. The van der Waals surface area contributed by atoms with Crippen LogP contribution in [-0.4, -0.2) is 42.7 Å². The van der Waals surface area contributed by atoms with Gasteiger partial charge in [0.1, 0.15) is 11.9 Å². The van der Waals surface area contributed by atoms with E-state index < -0.39 is 18.1 Å². The van der Waals surface area contributed by atoms with Gasteiger partial charge in [-0.25, -0.2) is 9.59 Å². The molecule has 3 aliphatic rings. The van der Waals surface area contributed by atoms with Crippen molar-refractivity contribution in [3.05, 3.63) is 101 Å². The molecule has 3 N–H and O–H groups in total. The Morgan fingerprint density at radius 3 is 2.42 bits per heavy atom. The minimum Gasteiger partial charge on any atom is -0.445 e. The van der Waals surface area contributed by atoms with Gasteiger partial charge in [0.2, 0.25) is 0 Å². The fraction of sp³-hybridized carbons (Fsp3) is 0.310. The van der Waals surface area contributed by atoms with Gasteiger partial charge >= 0.3 is 12.1 Å². The molecule has 7 heteroatoms. The van der Waals surface area contributed by atoms with E-state index in [0.717, 1.165) is 49.2 Å². The van der Waals surface area contributed by atoms with Crippen LogP contribution in [0.2, 0.25) is 0 Å². The predicted octanol–water partition coefficient (Wildman–Crippen LogP) is 4.27. The highest BCUT2D eigenvalue weighted by Gasteiger charge is 2.36. The highest BCUT2D eigenvalue weighted by Crippen LogP contribution is 2.30. The zero-order chi connectivity index (χ0) is 24.9. The molecule has 186 valence electrons. The molecule has 2 bridgehead atoms. The zero-order valence-corrected chi connectivity index (χ0v) is 20.1. The molecule has 0 radical (unpaired) electrons. The molecule has 3 heterocycles. The van der Waals surface area contributed by atoms with E-state index in [0.29, 0.717) is 23.8 Å². The van der Waals surface area contributed by atoms with Crippen LogP contribution in [0.3, 0.4) is 0 Å². The van der Waals surface area contributed by atoms with Gasteiger partial charge in [-0.05, 0) is 72.8 Å². The number of carbonyl (C=O) groups is 2. The summed E-state index contributed by atoms with van der Waals surface area (Å²) in [6.45, 7) is 3.31. The molecule has 2 atom stereocenters. The Kier molecular flexibility index (Phi) is 7.30. The number of hydrogen-bond acceptors (Lipinski definition) is 6. The van der Waals surface area contributed by atoms with Crippen LogP contribution >= 0.6 is 0 Å². The fourth-order valence-corrected chi connectivity index (χ4v) is 5.09. The second kappa shape index (κ2) is 10.9. The summed E-state index contributed by atoms with van der Waals surface area (Å²) in [6, 6.07) is 23.5. The predicted molar refractivity (Wildman–Crippen MR) is 137 cm³/mol. The molecule has 3 fully saturated rings. The van der Waals surface area contributed by atoms with Crippen LogP contribution in [0.1, 0.15) is 45.9 Å². The molecule has 0 aromatic heterocycles. The van der Waals surface area contributed by atoms with Gasteiger partial charge in [0, 0.05) is 13.1 Å². The van der Waals surface area contributed by atoms with Crippen molar-refractivity contribution >= 4 is 12.1 Å². The minimum absolute atomic E-state index is 0.0829. The van der Waals surface area contributed by atoms with Crippen molar-refractivity contribution < 1.29 is 19.1 Å². The van der Waals surface area contributed by atoms with Crippen molar-refractivity contribution in [1.82, 2.24) is 10.2 Å². The van der Waals surface area contributed by atoms with Crippen LogP contribution in [0.25, 0.3) is 0 Å². The second-order valence-corrected chi connectivity index (χ2v) is 9.44. The standard InChI is InChI=1S/C29H31N3O4/c30-18-20-6-4-10-24(16-20)28(33)35-25-11-5-9-23(17-25)27(22-7-2-1-3-8-22)31-29(34)36-26-19-32-14-12-21(26)13-15-32/h1-11,16-17,21,26-27H,12-15,18-19,30H2,(H,31,34)/t26?,27-/m0/s1. The first-order chi connectivity index (χ1) is 17.6. The number of benzene rings is 3. The lowest BCUT2D eigenvalue weighted by Gasteiger charge is -2.43. The lowest BCUT2D eigenvalue weighted by atomic mass is 9.86. The molecule has 3 aromatic carbocycles. The van der Waals surface area contributed by atoms with Gasteiger partial charge in [-0.2, -0.15) is 0 Å². The number of nitrogens with two attached hydrogens (primary N) is 1. The monoisotopic (exact) mass is 485 g/mol.